The number of amides is 6. The van der Waals surface area contributed by atoms with Crippen LogP contribution in [0.1, 0.15) is 108 Å². The van der Waals surface area contributed by atoms with Gasteiger partial charge in [-0.3, -0.25) is 33.6 Å². The van der Waals surface area contributed by atoms with Gasteiger partial charge >= 0.3 is 19.1 Å². The molecule has 6 amide bonds. The van der Waals surface area contributed by atoms with Gasteiger partial charge in [-0.15, -0.1) is 0 Å². The summed E-state index contributed by atoms with van der Waals surface area (Å²) in [6, 6.07) is 7.53. The van der Waals surface area contributed by atoms with E-state index >= 15 is 0 Å². The fourth-order valence-electron chi connectivity index (χ4n) is 9.72. The van der Waals surface area contributed by atoms with Gasteiger partial charge in [0.05, 0.1) is 18.1 Å². The Balaban J connectivity index is 1.23. The first-order chi connectivity index (χ1) is 33.6. The van der Waals surface area contributed by atoms with E-state index in [-0.39, 0.29) is 29.4 Å². The minimum Gasteiger partial charge on any atom is -0.481 e. The molecule has 0 aromatic heterocycles. The lowest BCUT2D eigenvalue weighted by atomic mass is 9.43. The third-order valence-corrected chi connectivity index (χ3v) is 14.1. The van der Waals surface area contributed by atoms with E-state index in [0.29, 0.717) is 25.3 Å². The van der Waals surface area contributed by atoms with Gasteiger partial charge in [0.25, 0.3) is 11.8 Å². The average molecular weight is 991 g/mol. The second kappa shape index (κ2) is 24.9. The highest BCUT2D eigenvalue weighted by atomic mass is 16.7. The van der Waals surface area contributed by atoms with E-state index in [1.54, 1.807) is 24.3 Å². The molecule has 1 heterocycles. The largest absolute Gasteiger partial charge is 0.497 e. The molecule has 6 rings (SSSR count). The van der Waals surface area contributed by atoms with Crippen LogP contribution in [0.5, 0.6) is 0 Å². The Bertz CT molecular complexity index is 2240. The predicted octanol–water partition coefficient (Wildman–Crippen LogP) is -0.254. The number of aliphatic carboxylic acids is 2. The summed E-state index contributed by atoms with van der Waals surface area (Å²) >= 11 is 0. The SMILES string of the molecule is CCCCc1ccc(-c2ccc(C(=O)N[C@@H](CN)C(=O)N[C@@H](CCC(=O)N[C@H](CC(=O)O)C(=O)O)C(=O)N[C@@H](N)C(=O)N[C@@H](CCCCN)C(=O)N[C@@H](N)B3OC4C[C@@H]5C[C@@H](C5(C)C)[C@]4(C)O3)cc2)cc1. The molecule has 0 radical (unpaired) electrons. The summed E-state index contributed by atoms with van der Waals surface area (Å²) < 4.78 is 12.6. The van der Waals surface area contributed by atoms with Gasteiger partial charge in [-0.05, 0) is 111 Å². The highest BCUT2D eigenvalue weighted by Crippen LogP contribution is 2.65. The Kier molecular flexibility index (Phi) is 19.6. The van der Waals surface area contributed by atoms with Crippen LogP contribution in [0.4, 0.5) is 0 Å². The number of carbonyl (C=O) groups excluding carboxylic acids is 6. The maximum atomic E-state index is 13.8. The number of carbonyl (C=O) groups is 8. The molecule has 2 aromatic carbocycles. The number of nitrogens with two attached hydrogens (primary N) is 4. The van der Waals surface area contributed by atoms with Crippen LogP contribution in [0.3, 0.4) is 0 Å². The minimum atomic E-state index is -1.84. The van der Waals surface area contributed by atoms with Crippen LogP contribution >= 0.6 is 0 Å². The monoisotopic (exact) mass is 991 g/mol. The van der Waals surface area contributed by atoms with E-state index in [1.807, 2.05) is 19.1 Å². The molecule has 3 saturated carbocycles. The molecule has 23 heteroatoms. The van der Waals surface area contributed by atoms with Gasteiger partial charge in [-0.2, -0.15) is 0 Å². The van der Waals surface area contributed by atoms with E-state index in [9.17, 15) is 43.5 Å². The molecule has 4 aliphatic rings. The molecule has 0 spiro atoms. The maximum absolute atomic E-state index is 13.8. The van der Waals surface area contributed by atoms with E-state index in [4.69, 9.17) is 37.3 Å². The van der Waals surface area contributed by atoms with E-state index in [0.717, 1.165) is 43.2 Å². The van der Waals surface area contributed by atoms with E-state index in [2.05, 4.69) is 64.8 Å². The summed E-state index contributed by atoms with van der Waals surface area (Å²) in [7, 11) is -0.963. The van der Waals surface area contributed by atoms with Gasteiger partial charge in [0.2, 0.25) is 23.6 Å². The van der Waals surface area contributed by atoms with Crippen molar-refractivity contribution in [2.75, 3.05) is 13.1 Å². The standard InChI is InChI=1S/C48H71BN10O12/c1-5-6-9-26-11-13-27(14-12-26)28-15-17-29(18-16-28)40(63)57-34(25-51)43(66)55-32(19-20-37(60)54-33(45(68)69)24-38(61)62)41(64)58-39(52)44(67)56-31(10-7-8-21-50)42(65)59-46(53)49-70-36-23-30-22-35(47(30,2)3)48(36,4)71-49/h11-18,30-36,39,46H,5-10,19-25,50-53H2,1-4H3,(H,54,60)(H,55,66)(H,56,67)(H,57,63)(H,58,64)(H,59,65)(H,61,62)(H,68,69)/t30-,31-,32-,33+,34-,35-,36?,39+,46+,48-/m0/s1. The Labute approximate surface area is 413 Å². The molecular formula is C48H71BN10O12. The molecule has 4 fully saturated rings. The first-order valence-electron chi connectivity index (χ1n) is 24.3. The normalized spacial score (nSPS) is 22.1. The lowest BCUT2D eigenvalue weighted by Gasteiger charge is -2.64. The van der Waals surface area contributed by atoms with Crippen molar-refractivity contribution in [1.29, 1.82) is 0 Å². The molecule has 16 N–H and O–H groups in total. The summed E-state index contributed by atoms with van der Waals surface area (Å²) in [5, 5.41) is 33.0. The molecule has 1 saturated heterocycles. The van der Waals surface area contributed by atoms with E-state index in [1.165, 1.54) is 5.56 Å². The second-order valence-electron chi connectivity index (χ2n) is 19.5. The molecule has 3 aliphatic carbocycles. The fourth-order valence-corrected chi connectivity index (χ4v) is 9.72. The summed E-state index contributed by atoms with van der Waals surface area (Å²) in [5.74, 6) is -7.83. The minimum absolute atomic E-state index is 0.0686. The van der Waals surface area contributed by atoms with Crippen molar-refractivity contribution in [2.45, 2.75) is 146 Å². The lowest BCUT2D eigenvalue weighted by molar-refractivity contribution is -0.199. The van der Waals surface area contributed by atoms with Gasteiger partial charge in [-0.25, -0.2) is 4.79 Å². The number of rotatable bonds is 27. The van der Waals surface area contributed by atoms with Crippen molar-refractivity contribution in [1.82, 2.24) is 31.9 Å². The van der Waals surface area contributed by atoms with Crippen LogP contribution in [-0.4, -0.2) is 126 Å². The third-order valence-electron chi connectivity index (χ3n) is 14.1. The molecule has 2 bridgehead atoms. The van der Waals surface area contributed by atoms with Crippen LogP contribution < -0.4 is 54.8 Å². The first kappa shape index (κ1) is 55.9. The molecular weight excluding hydrogens is 919 g/mol. The van der Waals surface area contributed by atoms with Gasteiger partial charge < -0.3 is 74.4 Å². The first-order valence-corrected chi connectivity index (χ1v) is 24.3. The summed E-state index contributed by atoms with van der Waals surface area (Å²) in [6.07, 6.45) is 1.79. The number of unbranched alkanes of at least 4 members (excludes halogenated alkanes) is 2. The van der Waals surface area contributed by atoms with Crippen molar-refractivity contribution < 1.29 is 57.9 Å². The summed E-state index contributed by atoms with van der Waals surface area (Å²) in [6.45, 7) is 8.42. The molecule has 2 aromatic rings. The number of hydrogen-bond acceptors (Lipinski definition) is 14. The highest BCUT2D eigenvalue weighted by molar-refractivity contribution is 6.47. The molecule has 388 valence electrons. The topological polar surface area (TPSA) is 372 Å². The fraction of sp³-hybridized carbons (Fsp3) is 0.583. The number of carboxylic acid groups (broad SMARTS) is 2. The Morgan fingerprint density at radius 3 is 1.92 bits per heavy atom. The number of nitrogens with one attached hydrogen (secondary N) is 6. The number of hydrogen-bond donors (Lipinski definition) is 12. The van der Waals surface area contributed by atoms with Crippen LogP contribution in [0.25, 0.3) is 11.1 Å². The zero-order valence-corrected chi connectivity index (χ0v) is 40.9. The summed E-state index contributed by atoms with van der Waals surface area (Å²) in [4.78, 5) is 104. The Morgan fingerprint density at radius 2 is 1.32 bits per heavy atom. The quantitative estimate of drug-likeness (QED) is 0.0312. The van der Waals surface area contributed by atoms with Crippen molar-refractivity contribution in [3.63, 3.8) is 0 Å². The molecule has 71 heavy (non-hydrogen) atoms. The van der Waals surface area contributed by atoms with Gasteiger partial charge in [0.1, 0.15) is 30.2 Å². The van der Waals surface area contributed by atoms with Crippen molar-refractivity contribution in [3.05, 3.63) is 59.7 Å². The zero-order chi connectivity index (χ0) is 52.2. The second-order valence-corrected chi connectivity index (χ2v) is 19.5. The van der Waals surface area contributed by atoms with Gasteiger partial charge in [-0.1, -0.05) is 63.6 Å². The zero-order valence-electron chi connectivity index (χ0n) is 40.9. The van der Waals surface area contributed by atoms with Crippen molar-refractivity contribution >= 4 is 54.5 Å². The molecule has 1 aliphatic heterocycles. The number of carboxylic acids is 2. The maximum Gasteiger partial charge on any atom is 0.497 e. The van der Waals surface area contributed by atoms with Crippen molar-refractivity contribution in [2.24, 2.45) is 40.2 Å². The van der Waals surface area contributed by atoms with E-state index < -0.39 is 122 Å². The number of benzene rings is 2. The Hall–Kier alpha value is -5.98. The molecule has 1 unspecified atom stereocenters. The predicted molar refractivity (Wildman–Crippen MR) is 261 cm³/mol. The third kappa shape index (κ3) is 14.3. The van der Waals surface area contributed by atoms with Crippen LogP contribution in [-0.2, 0) is 49.3 Å². The van der Waals surface area contributed by atoms with Gasteiger partial charge in [0, 0.05) is 18.5 Å². The number of aryl methyl sites for hydroxylation is 1. The van der Waals surface area contributed by atoms with Crippen LogP contribution in [0.15, 0.2) is 48.5 Å². The van der Waals surface area contributed by atoms with Crippen LogP contribution in [0.2, 0.25) is 0 Å². The molecule has 22 nitrogen and oxygen atoms in total. The lowest BCUT2D eigenvalue weighted by Crippen LogP contribution is -2.65. The average Bonchev–Trinajstić information content (AvgIpc) is 3.70. The summed E-state index contributed by atoms with van der Waals surface area (Å²) in [5.41, 5.74) is 26.9. The molecule has 10 atom stereocenters. The highest BCUT2D eigenvalue weighted by Gasteiger charge is 2.68. The van der Waals surface area contributed by atoms with Gasteiger partial charge in [0.15, 0.2) is 6.17 Å². The van der Waals surface area contributed by atoms with Crippen molar-refractivity contribution in [3.8, 4) is 11.1 Å². The Morgan fingerprint density at radius 1 is 0.718 bits per heavy atom. The smallest absolute Gasteiger partial charge is 0.481 e. The van der Waals surface area contributed by atoms with Crippen LogP contribution in [0, 0.1) is 17.3 Å².